The monoisotopic (exact) mass is 268 g/mol. The zero-order chi connectivity index (χ0) is 11.4. The Morgan fingerprint density at radius 2 is 1.57 bits per heavy atom. The molecule has 0 radical (unpaired) electrons. The first-order chi connectivity index (χ1) is 6.18. The van der Waals surface area contributed by atoms with Gasteiger partial charge in [-0.25, -0.2) is 0 Å². The molecule has 0 N–H and O–H groups in total. The molecule has 0 aliphatic rings. The van der Waals surface area contributed by atoms with E-state index in [4.69, 9.17) is 12.3 Å². The molecule has 0 bridgehead atoms. The molecule has 0 aliphatic carbocycles. The predicted molar refractivity (Wildman–Crippen MR) is 71.5 cm³/mol. The van der Waals surface area contributed by atoms with Crippen molar-refractivity contribution in [3.8, 4) is 0 Å². The minimum atomic E-state index is -2.26. The molecule has 3 nitrogen and oxygen atoms in total. The summed E-state index contributed by atoms with van der Waals surface area (Å²) in [6, 6.07) is 0. The summed E-state index contributed by atoms with van der Waals surface area (Å²) in [5, 5.41) is 0. The highest BCUT2D eigenvalue weighted by Crippen LogP contribution is 2.17. The van der Waals surface area contributed by atoms with Gasteiger partial charge in [0.2, 0.25) is 0 Å². The van der Waals surface area contributed by atoms with Gasteiger partial charge in [-0.2, -0.15) is 0 Å². The molecule has 86 valence electrons. The van der Waals surface area contributed by atoms with Crippen LogP contribution in [0.25, 0.3) is 0 Å². The van der Waals surface area contributed by atoms with Gasteiger partial charge in [0.1, 0.15) is 9.76 Å². The second kappa shape index (κ2) is 5.73. The molecule has 0 aliphatic heterocycles. The van der Waals surface area contributed by atoms with Gasteiger partial charge in [0, 0.05) is 6.55 Å². The van der Waals surface area contributed by atoms with Gasteiger partial charge in [-0.05, 0) is 32.7 Å². The summed E-state index contributed by atoms with van der Waals surface area (Å²) in [4.78, 5) is 0. The van der Waals surface area contributed by atoms with Crippen molar-refractivity contribution in [1.82, 2.24) is 0 Å². The molecule has 1 atom stereocenters. The minimum absolute atomic E-state index is 0.446. The maximum Gasteiger partial charge on any atom is 0.465 e. The molecule has 0 fully saturated rings. The average Bonchev–Trinajstić information content (AvgIpc) is 1.78. The Labute approximate surface area is 94.3 Å². The van der Waals surface area contributed by atoms with Crippen LogP contribution >= 0.6 is 0 Å². The lowest BCUT2D eigenvalue weighted by molar-refractivity contribution is 0.278. The largest absolute Gasteiger partial charge is 0.465 e. The van der Waals surface area contributed by atoms with E-state index in [2.05, 4.69) is 45.8 Å². The molecule has 7 heteroatoms. The van der Waals surface area contributed by atoms with E-state index < -0.39 is 35.9 Å². The average molecular weight is 269 g/mol. The Morgan fingerprint density at radius 3 is 1.86 bits per heavy atom. The molecule has 0 saturated heterocycles. The van der Waals surface area contributed by atoms with E-state index in [1.807, 2.05) is 0 Å². The fourth-order valence-electron chi connectivity index (χ4n) is 1.33. The molecule has 14 heavy (non-hydrogen) atoms. The summed E-state index contributed by atoms with van der Waals surface area (Å²) < 4.78 is 17.9. The summed E-state index contributed by atoms with van der Waals surface area (Å²) in [7, 11) is -5.31. The van der Waals surface area contributed by atoms with E-state index in [0.717, 1.165) is 0 Å². The molecule has 0 aromatic rings. The maximum atomic E-state index is 6.08. The van der Waals surface area contributed by atoms with Crippen LogP contribution in [0, 0.1) is 0 Å². The van der Waals surface area contributed by atoms with Crippen molar-refractivity contribution in [3.05, 3.63) is 0 Å². The lowest BCUT2D eigenvalue weighted by Crippen LogP contribution is -2.52. The van der Waals surface area contributed by atoms with Crippen molar-refractivity contribution in [1.29, 1.82) is 0 Å². The number of rotatable bonds is 6. The number of hydrogen-bond acceptors (Lipinski definition) is 3. The third kappa shape index (κ3) is 7.09. The highest BCUT2D eigenvalue weighted by Gasteiger charge is 2.39. The zero-order valence-corrected chi connectivity index (χ0v) is 15.1. The van der Waals surface area contributed by atoms with Crippen molar-refractivity contribution in [2.45, 2.75) is 45.8 Å². The van der Waals surface area contributed by atoms with Crippen molar-refractivity contribution >= 4 is 35.9 Å². The molecule has 0 saturated carbocycles. The Bertz CT molecular complexity index is 171. The van der Waals surface area contributed by atoms with E-state index in [1.54, 1.807) is 0 Å². The predicted octanol–water partition coefficient (Wildman–Crippen LogP) is 1.56. The van der Waals surface area contributed by atoms with Crippen LogP contribution in [0.5, 0.6) is 0 Å². The van der Waals surface area contributed by atoms with Crippen LogP contribution in [0.4, 0.5) is 0 Å². The van der Waals surface area contributed by atoms with E-state index in [1.165, 1.54) is 0 Å². The van der Waals surface area contributed by atoms with Gasteiger partial charge in [0.15, 0.2) is 17.4 Å². The minimum Gasteiger partial charge on any atom is -0.423 e. The standard InChI is InChI=1S/C7H24O3Si4/c1-11-8-14(7,9-12(2)3)10-13(4,5)6/h12H,11H2,1-7H3. The Morgan fingerprint density at radius 1 is 1.07 bits per heavy atom. The molecule has 0 heterocycles. The SMILES string of the molecule is C[SiH2]O[Si](C)(O[SiH](C)C)O[Si](C)(C)C. The van der Waals surface area contributed by atoms with Gasteiger partial charge in [0.25, 0.3) is 0 Å². The van der Waals surface area contributed by atoms with Crippen LogP contribution in [0.3, 0.4) is 0 Å². The van der Waals surface area contributed by atoms with Gasteiger partial charge in [-0.3, -0.25) is 0 Å². The molecule has 0 aromatic heterocycles. The molecule has 0 rings (SSSR count). The lowest BCUT2D eigenvalue weighted by atomic mass is 11.8. The summed E-state index contributed by atoms with van der Waals surface area (Å²) in [6.07, 6.45) is 0. The highest BCUT2D eigenvalue weighted by atomic mass is 28.5. The van der Waals surface area contributed by atoms with Crippen molar-refractivity contribution in [2.24, 2.45) is 0 Å². The van der Waals surface area contributed by atoms with E-state index >= 15 is 0 Å². The fraction of sp³-hybridized carbons (Fsp3) is 1.00. The Hall–Kier alpha value is 0.748. The maximum absolute atomic E-state index is 6.08. The first-order valence-corrected chi connectivity index (χ1v) is 15.6. The van der Waals surface area contributed by atoms with E-state index in [-0.39, 0.29) is 0 Å². The van der Waals surface area contributed by atoms with Crippen LogP contribution in [0.1, 0.15) is 0 Å². The quantitative estimate of drug-likeness (QED) is 0.684. The summed E-state index contributed by atoms with van der Waals surface area (Å²) in [5.74, 6) is 0. The molecular formula is C7H24O3Si4. The summed E-state index contributed by atoms with van der Waals surface area (Å²) >= 11 is 0. The zero-order valence-electron chi connectivity index (χ0n) is 10.5. The van der Waals surface area contributed by atoms with Crippen molar-refractivity contribution < 1.29 is 12.3 Å². The first kappa shape index (κ1) is 14.7. The van der Waals surface area contributed by atoms with Crippen LogP contribution in [-0.4, -0.2) is 35.9 Å². The summed E-state index contributed by atoms with van der Waals surface area (Å²) in [6.45, 7) is 15.1. The lowest BCUT2D eigenvalue weighted by Gasteiger charge is -2.34. The van der Waals surface area contributed by atoms with E-state index in [0.29, 0.717) is 0 Å². The van der Waals surface area contributed by atoms with Gasteiger partial charge < -0.3 is 12.3 Å². The number of hydrogen-bond donors (Lipinski definition) is 0. The van der Waals surface area contributed by atoms with Crippen molar-refractivity contribution in [3.63, 3.8) is 0 Å². The third-order valence-electron chi connectivity index (χ3n) is 1.35. The second-order valence-electron chi connectivity index (χ2n) is 4.68. The van der Waals surface area contributed by atoms with Crippen LogP contribution in [-0.2, 0) is 12.3 Å². The Kier molecular flexibility index (Phi) is 6.03. The molecule has 0 amide bonds. The fourth-order valence-corrected chi connectivity index (χ4v) is 13.6. The van der Waals surface area contributed by atoms with Gasteiger partial charge in [-0.1, -0.05) is 6.55 Å². The molecule has 0 aromatic carbocycles. The van der Waals surface area contributed by atoms with Gasteiger partial charge in [-0.15, -0.1) is 0 Å². The smallest absolute Gasteiger partial charge is 0.423 e. The van der Waals surface area contributed by atoms with E-state index in [9.17, 15) is 0 Å². The highest BCUT2D eigenvalue weighted by molar-refractivity contribution is 6.83. The van der Waals surface area contributed by atoms with Gasteiger partial charge >= 0.3 is 8.80 Å². The van der Waals surface area contributed by atoms with Gasteiger partial charge in [0.05, 0.1) is 0 Å². The molecular weight excluding hydrogens is 244 g/mol. The second-order valence-corrected chi connectivity index (χ2v) is 16.2. The van der Waals surface area contributed by atoms with Crippen LogP contribution in [0.2, 0.25) is 45.8 Å². The normalized spacial score (nSPS) is 18.0. The topological polar surface area (TPSA) is 27.7 Å². The first-order valence-electron chi connectivity index (χ1n) is 5.20. The summed E-state index contributed by atoms with van der Waals surface area (Å²) in [5.41, 5.74) is 0. The third-order valence-corrected chi connectivity index (χ3v) is 12.1. The Balaban J connectivity index is 4.38. The van der Waals surface area contributed by atoms with Crippen molar-refractivity contribution in [2.75, 3.05) is 0 Å². The molecule has 0 spiro atoms. The molecule has 1 unspecified atom stereocenters. The van der Waals surface area contributed by atoms with Crippen LogP contribution in [0.15, 0.2) is 0 Å². The van der Waals surface area contributed by atoms with Crippen LogP contribution < -0.4 is 0 Å².